The van der Waals surface area contributed by atoms with Crippen molar-refractivity contribution in [2.24, 2.45) is 0 Å². The molecule has 2 aromatic rings. The van der Waals surface area contributed by atoms with Crippen molar-refractivity contribution in [3.05, 3.63) is 53.6 Å². The molecule has 0 aliphatic rings. The Morgan fingerprint density at radius 2 is 1.79 bits per heavy atom. The highest BCUT2D eigenvalue weighted by Crippen LogP contribution is 2.29. The van der Waals surface area contributed by atoms with Gasteiger partial charge in [0.15, 0.2) is 18.1 Å². The molecule has 0 saturated carbocycles. The lowest BCUT2D eigenvalue weighted by molar-refractivity contribution is -0.119. The van der Waals surface area contributed by atoms with E-state index in [9.17, 15) is 18.4 Å². The molecule has 8 heteroatoms. The molecule has 0 aliphatic carbocycles. The van der Waals surface area contributed by atoms with Gasteiger partial charge in [-0.3, -0.25) is 4.79 Å². The van der Waals surface area contributed by atoms with Gasteiger partial charge in [-0.15, -0.1) is 0 Å². The predicted octanol–water partition coefficient (Wildman–Crippen LogP) is 3.95. The molecule has 1 N–H and O–H groups in total. The van der Waals surface area contributed by atoms with Gasteiger partial charge in [-0.1, -0.05) is 6.92 Å². The van der Waals surface area contributed by atoms with Gasteiger partial charge in [-0.25, -0.2) is 13.6 Å². The zero-order chi connectivity index (χ0) is 20.5. The average Bonchev–Trinajstić information content (AvgIpc) is 2.68. The van der Waals surface area contributed by atoms with Gasteiger partial charge in [0.05, 0.1) is 24.5 Å². The second-order valence-corrected chi connectivity index (χ2v) is 5.69. The molecule has 0 aromatic heterocycles. The van der Waals surface area contributed by atoms with Crippen molar-refractivity contribution in [3.63, 3.8) is 0 Å². The van der Waals surface area contributed by atoms with Crippen LogP contribution in [0.15, 0.2) is 36.4 Å². The van der Waals surface area contributed by atoms with Crippen molar-refractivity contribution < 1.29 is 32.6 Å². The maximum Gasteiger partial charge on any atom is 0.338 e. The van der Waals surface area contributed by atoms with Crippen LogP contribution in [0.3, 0.4) is 0 Å². The number of hydrogen-bond donors (Lipinski definition) is 1. The lowest BCUT2D eigenvalue weighted by Gasteiger charge is -2.13. The normalized spacial score (nSPS) is 10.3. The molecule has 0 saturated heterocycles. The van der Waals surface area contributed by atoms with E-state index in [2.05, 4.69) is 5.32 Å². The molecule has 0 spiro atoms. The summed E-state index contributed by atoms with van der Waals surface area (Å²) >= 11 is 0. The fourth-order valence-corrected chi connectivity index (χ4v) is 2.23. The fraction of sp³-hybridized carbons (Fsp3) is 0.300. The van der Waals surface area contributed by atoms with E-state index in [1.54, 1.807) is 13.0 Å². The lowest BCUT2D eigenvalue weighted by atomic mass is 10.2. The van der Waals surface area contributed by atoms with Gasteiger partial charge in [-0.05, 0) is 43.7 Å². The SMILES string of the molecule is CCCOc1ccc(C(=O)OCC(=O)Nc2cc(F)ccc2F)cc1OCC. The Morgan fingerprint density at radius 1 is 1.00 bits per heavy atom. The Morgan fingerprint density at radius 3 is 2.50 bits per heavy atom. The third-order valence-electron chi connectivity index (χ3n) is 3.48. The van der Waals surface area contributed by atoms with Crippen LogP contribution in [-0.2, 0) is 9.53 Å². The Bertz CT molecular complexity index is 841. The molecular formula is C20H21F2NO5. The molecule has 0 heterocycles. The largest absolute Gasteiger partial charge is 0.490 e. The van der Waals surface area contributed by atoms with E-state index in [0.29, 0.717) is 24.7 Å². The fourth-order valence-electron chi connectivity index (χ4n) is 2.23. The van der Waals surface area contributed by atoms with E-state index < -0.39 is 30.1 Å². The molecule has 6 nitrogen and oxygen atoms in total. The zero-order valence-electron chi connectivity index (χ0n) is 15.6. The zero-order valence-corrected chi connectivity index (χ0v) is 15.6. The molecule has 0 radical (unpaired) electrons. The van der Waals surface area contributed by atoms with E-state index in [1.807, 2.05) is 6.92 Å². The minimum atomic E-state index is -0.801. The number of carbonyl (C=O) groups excluding carboxylic acids is 2. The number of carbonyl (C=O) groups is 2. The van der Waals surface area contributed by atoms with Crippen LogP contribution in [0.1, 0.15) is 30.6 Å². The lowest BCUT2D eigenvalue weighted by Crippen LogP contribution is -2.21. The maximum atomic E-state index is 13.5. The Kier molecular flexibility index (Phi) is 7.74. The van der Waals surface area contributed by atoms with Crippen LogP contribution in [0, 0.1) is 11.6 Å². The first-order chi connectivity index (χ1) is 13.4. The molecule has 1 amide bonds. The number of amides is 1. The molecule has 2 rings (SSSR count). The number of hydrogen-bond acceptors (Lipinski definition) is 5. The van der Waals surface area contributed by atoms with Gasteiger partial charge < -0.3 is 19.5 Å². The van der Waals surface area contributed by atoms with Gasteiger partial charge in [0.1, 0.15) is 11.6 Å². The predicted molar refractivity (Wildman–Crippen MR) is 98.7 cm³/mol. The molecular weight excluding hydrogens is 372 g/mol. The van der Waals surface area contributed by atoms with E-state index in [0.717, 1.165) is 24.6 Å². The standard InChI is InChI=1S/C20H21F2NO5/c1-3-9-27-17-8-5-13(10-18(17)26-4-2)20(25)28-12-19(24)23-16-11-14(21)6-7-15(16)22/h5-8,10-11H,3-4,9,12H2,1-2H3,(H,23,24). The second-order valence-electron chi connectivity index (χ2n) is 5.69. The third-order valence-corrected chi connectivity index (χ3v) is 3.48. The summed E-state index contributed by atoms with van der Waals surface area (Å²) in [5, 5.41) is 2.15. The average molecular weight is 393 g/mol. The summed E-state index contributed by atoms with van der Waals surface area (Å²) in [7, 11) is 0. The minimum absolute atomic E-state index is 0.164. The van der Waals surface area contributed by atoms with Gasteiger partial charge in [0, 0.05) is 6.07 Å². The first-order valence-corrected chi connectivity index (χ1v) is 8.76. The van der Waals surface area contributed by atoms with Crippen LogP contribution in [0.25, 0.3) is 0 Å². The van der Waals surface area contributed by atoms with Crippen molar-refractivity contribution >= 4 is 17.6 Å². The van der Waals surface area contributed by atoms with Crippen LogP contribution >= 0.6 is 0 Å². The van der Waals surface area contributed by atoms with Gasteiger partial charge in [0.25, 0.3) is 5.91 Å². The van der Waals surface area contributed by atoms with Crippen molar-refractivity contribution in [3.8, 4) is 11.5 Å². The summed E-state index contributed by atoms with van der Waals surface area (Å²) in [6, 6.07) is 7.17. The molecule has 28 heavy (non-hydrogen) atoms. The molecule has 0 bridgehead atoms. The van der Waals surface area contributed by atoms with Crippen molar-refractivity contribution in [1.82, 2.24) is 0 Å². The topological polar surface area (TPSA) is 73.9 Å². The number of rotatable bonds is 9. The highest BCUT2D eigenvalue weighted by Gasteiger charge is 2.15. The number of ether oxygens (including phenoxy) is 3. The highest BCUT2D eigenvalue weighted by atomic mass is 19.1. The number of esters is 1. The first kappa shape index (κ1) is 21.1. The summed E-state index contributed by atoms with van der Waals surface area (Å²) in [6.07, 6.45) is 0.816. The number of benzene rings is 2. The number of halogens is 2. The van der Waals surface area contributed by atoms with Crippen LogP contribution in [-0.4, -0.2) is 31.7 Å². The third kappa shape index (κ3) is 5.94. The van der Waals surface area contributed by atoms with Crippen LogP contribution in [0.5, 0.6) is 11.5 Å². The molecule has 0 atom stereocenters. The van der Waals surface area contributed by atoms with Crippen LogP contribution in [0.2, 0.25) is 0 Å². The van der Waals surface area contributed by atoms with Gasteiger partial charge in [0.2, 0.25) is 0 Å². The van der Waals surface area contributed by atoms with E-state index in [4.69, 9.17) is 14.2 Å². The van der Waals surface area contributed by atoms with Crippen molar-refractivity contribution in [1.29, 1.82) is 0 Å². The van der Waals surface area contributed by atoms with E-state index in [1.165, 1.54) is 12.1 Å². The monoisotopic (exact) mass is 393 g/mol. The minimum Gasteiger partial charge on any atom is -0.490 e. The Hall–Kier alpha value is -3.16. The molecule has 2 aromatic carbocycles. The summed E-state index contributed by atoms with van der Waals surface area (Å²) in [6.45, 7) is 3.98. The molecule has 150 valence electrons. The summed E-state index contributed by atoms with van der Waals surface area (Å²) < 4.78 is 42.6. The summed E-state index contributed by atoms with van der Waals surface area (Å²) in [5.41, 5.74) is -0.172. The Balaban J connectivity index is 1.99. The quantitative estimate of drug-likeness (QED) is 0.653. The highest BCUT2D eigenvalue weighted by molar-refractivity contribution is 5.95. The maximum absolute atomic E-state index is 13.5. The smallest absolute Gasteiger partial charge is 0.338 e. The first-order valence-electron chi connectivity index (χ1n) is 8.76. The van der Waals surface area contributed by atoms with Crippen LogP contribution in [0.4, 0.5) is 14.5 Å². The summed E-state index contributed by atoms with van der Waals surface area (Å²) in [4.78, 5) is 24.0. The van der Waals surface area contributed by atoms with E-state index in [-0.39, 0.29) is 11.3 Å². The Labute approximate surface area is 161 Å². The number of nitrogens with one attached hydrogen (secondary N) is 1. The number of anilines is 1. The summed E-state index contributed by atoms with van der Waals surface area (Å²) in [5.74, 6) is -2.19. The van der Waals surface area contributed by atoms with Crippen LogP contribution < -0.4 is 14.8 Å². The second kappa shape index (κ2) is 10.2. The molecule has 0 unspecified atom stereocenters. The van der Waals surface area contributed by atoms with Crippen molar-refractivity contribution in [2.75, 3.05) is 25.1 Å². The van der Waals surface area contributed by atoms with Gasteiger partial charge in [-0.2, -0.15) is 0 Å². The van der Waals surface area contributed by atoms with Crippen molar-refractivity contribution in [2.45, 2.75) is 20.3 Å². The van der Waals surface area contributed by atoms with E-state index >= 15 is 0 Å². The molecule has 0 fully saturated rings. The van der Waals surface area contributed by atoms with Gasteiger partial charge >= 0.3 is 5.97 Å². The molecule has 0 aliphatic heterocycles.